The van der Waals surface area contributed by atoms with Gasteiger partial charge in [-0.2, -0.15) is 9.36 Å². The summed E-state index contributed by atoms with van der Waals surface area (Å²) in [5, 5.41) is 27.2. The number of β-lactam (4-membered cyclic amide) rings is 1. The number of nitrogens with two attached hydrogens (primary N) is 1. The number of fused-ring (bicyclic) bond motifs is 1. The summed E-state index contributed by atoms with van der Waals surface area (Å²) >= 11 is 3.25. The molecule has 4 heterocycles. The van der Waals surface area contributed by atoms with Gasteiger partial charge in [0.2, 0.25) is 23.3 Å². The summed E-state index contributed by atoms with van der Waals surface area (Å²) in [5.74, 6) is -0.860. The average molecular weight is 637 g/mol. The number of amides is 2. The number of rotatable bonds is 11. The van der Waals surface area contributed by atoms with Gasteiger partial charge in [-0.1, -0.05) is 22.8 Å². The highest BCUT2D eigenvalue weighted by Gasteiger charge is 2.54. The van der Waals surface area contributed by atoms with Gasteiger partial charge in [-0.05, 0) is 36.8 Å². The molecule has 0 aromatic carbocycles. The minimum Gasteiger partial charge on any atom is -0.477 e. The number of nitrogen functional groups attached to an aromatic ring is 1. The van der Waals surface area contributed by atoms with Crippen LogP contribution < -0.4 is 11.1 Å². The van der Waals surface area contributed by atoms with Crippen molar-refractivity contribution in [2.45, 2.75) is 49.5 Å². The lowest BCUT2D eigenvalue weighted by molar-refractivity contribution is -0.160. The van der Waals surface area contributed by atoms with Crippen LogP contribution in [0.25, 0.3) is 0 Å². The van der Waals surface area contributed by atoms with Crippen LogP contribution in [0.5, 0.6) is 0 Å². The number of carboxylic acids is 1. The number of aliphatic carboxylic acids is 1. The minimum absolute atomic E-state index is 0.0429. The van der Waals surface area contributed by atoms with Crippen molar-refractivity contribution in [1.29, 1.82) is 0 Å². The summed E-state index contributed by atoms with van der Waals surface area (Å²) in [5.41, 5.74) is 4.74. The minimum atomic E-state index is -1.29. The Labute approximate surface area is 250 Å². The Morgan fingerprint density at radius 2 is 2.12 bits per heavy atom. The molecule has 2 aromatic heterocycles. The highest BCUT2D eigenvalue weighted by molar-refractivity contribution is 8.01. The number of anilines is 1. The second kappa shape index (κ2) is 12.7. The summed E-state index contributed by atoms with van der Waals surface area (Å²) < 4.78 is 10.5. The first-order chi connectivity index (χ1) is 19.9. The molecule has 0 saturated carbocycles. The number of aromatic nitrogens is 6. The van der Waals surface area contributed by atoms with Crippen LogP contribution in [0, 0.1) is 12.3 Å². The third kappa shape index (κ3) is 6.97. The Balaban J connectivity index is 1.46. The Kier molecular flexibility index (Phi) is 9.33. The number of carbonyl (C=O) groups is 4. The van der Waals surface area contributed by atoms with E-state index < -0.39 is 53.1 Å². The number of hydrogen-bond donors (Lipinski definition) is 3. The highest BCUT2D eigenvalue weighted by Crippen LogP contribution is 2.41. The Hall–Kier alpha value is -4.22. The van der Waals surface area contributed by atoms with Crippen LogP contribution in [0.4, 0.5) is 5.13 Å². The van der Waals surface area contributed by atoms with Gasteiger partial charge >= 0.3 is 11.9 Å². The van der Waals surface area contributed by atoms with Crippen LogP contribution >= 0.6 is 35.1 Å². The monoisotopic (exact) mass is 636 g/mol. The molecule has 0 aliphatic carbocycles. The molecule has 1 unspecified atom stereocenters. The normalized spacial score (nSPS) is 18.6. The van der Waals surface area contributed by atoms with Gasteiger partial charge in [-0.3, -0.25) is 14.5 Å². The second-order valence-electron chi connectivity index (χ2n) is 9.49. The van der Waals surface area contributed by atoms with E-state index in [0.29, 0.717) is 10.7 Å². The topological polar surface area (TPSA) is 230 Å². The van der Waals surface area contributed by atoms with Gasteiger partial charge in [0, 0.05) is 23.0 Å². The van der Waals surface area contributed by atoms with Crippen LogP contribution in [0.1, 0.15) is 26.6 Å². The van der Waals surface area contributed by atoms with Crippen LogP contribution in [-0.4, -0.2) is 104 Å². The molecule has 0 spiro atoms. The highest BCUT2D eigenvalue weighted by atomic mass is 32.2. The number of thioether (sulfide) groups is 2. The molecule has 2 aliphatic heterocycles. The van der Waals surface area contributed by atoms with Crippen LogP contribution in [-0.2, 0) is 35.3 Å². The van der Waals surface area contributed by atoms with E-state index in [1.807, 2.05) is 0 Å². The first-order valence-corrected chi connectivity index (χ1v) is 14.7. The summed E-state index contributed by atoms with van der Waals surface area (Å²) in [6.45, 7) is 4.56. The lowest BCUT2D eigenvalue weighted by Crippen LogP contribution is -2.71. The van der Waals surface area contributed by atoms with E-state index >= 15 is 0 Å². The number of esters is 1. The maximum absolute atomic E-state index is 13.2. The fraction of sp³-hybridized carbons (Fsp3) is 0.455. The van der Waals surface area contributed by atoms with E-state index in [0.717, 1.165) is 16.4 Å². The zero-order chi connectivity index (χ0) is 30.6. The van der Waals surface area contributed by atoms with Gasteiger partial charge in [-0.25, -0.2) is 14.3 Å². The smallest absolute Gasteiger partial charge is 0.352 e. The van der Waals surface area contributed by atoms with E-state index in [2.05, 4.69) is 41.3 Å². The lowest BCUT2D eigenvalue weighted by atomic mass is 10.0. The zero-order valence-electron chi connectivity index (χ0n) is 22.3. The van der Waals surface area contributed by atoms with Gasteiger partial charge in [0.05, 0.1) is 0 Å². The predicted molar refractivity (Wildman–Crippen MR) is 150 cm³/mol. The number of oxime groups is 1. The Morgan fingerprint density at radius 3 is 2.76 bits per heavy atom. The molecule has 2 aromatic rings. The molecule has 2 amide bonds. The lowest BCUT2D eigenvalue weighted by Gasteiger charge is -2.49. The van der Waals surface area contributed by atoms with Gasteiger partial charge in [0.1, 0.15) is 29.3 Å². The molecule has 20 heteroatoms. The van der Waals surface area contributed by atoms with Gasteiger partial charge < -0.3 is 25.7 Å². The molecule has 4 N–H and O–H groups in total. The molecule has 2 atom stereocenters. The van der Waals surface area contributed by atoms with Crippen molar-refractivity contribution in [1.82, 2.24) is 39.8 Å². The van der Waals surface area contributed by atoms with Crippen LogP contribution in [0.3, 0.4) is 0 Å². The number of carbonyl (C=O) groups excluding carboxylic acids is 3. The number of terminal acetylenes is 1. The maximum atomic E-state index is 13.2. The SMILES string of the molecule is C#CCn1nnnc1SCC1=C(C(=O)O)N2C(=O)C(NC(=O)/C(=N\OCC(=O)OC(C)(C)C)c3nsc(N)n3)[C@H]2SC1. The second-order valence-corrected chi connectivity index (χ2v) is 12.3. The molecule has 222 valence electrons. The summed E-state index contributed by atoms with van der Waals surface area (Å²) in [6, 6.07) is -1.08. The van der Waals surface area contributed by atoms with Gasteiger partial charge in [0.15, 0.2) is 5.13 Å². The van der Waals surface area contributed by atoms with Crippen molar-refractivity contribution in [3.05, 3.63) is 17.1 Å². The van der Waals surface area contributed by atoms with Crippen molar-refractivity contribution >= 4 is 69.7 Å². The molecule has 42 heavy (non-hydrogen) atoms. The number of hydrogen-bond acceptors (Lipinski definition) is 16. The molecule has 4 rings (SSSR count). The molecule has 0 radical (unpaired) electrons. The number of nitrogens with zero attached hydrogens (tertiary/aromatic N) is 8. The fourth-order valence-electron chi connectivity index (χ4n) is 3.68. The van der Waals surface area contributed by atoms with E-state index in [1.165, 1.54) is 28.2 Å². The van der Waals surface area contributed by atoms with E-state index in [1.54, 1.807) is 20.8 Å². The van der Waals surface area contributed by atoms with E-state index in [4.69, 9.17) is 21.7 Å². The maximum Gasteiger partial charge on any atom is 0.352 e. The van der Waals surface area contributed by atoms with E-state index in [-0.39, 0.29) is 34.7 Å². The number of nitrogens with one attached hydrogen (secondary N) is 1. The molecule has 0 bridgehead atoms. The van der Waals surface area contributed by atoms with Crippen molar-refractivity contribution in [2.24, 2.45) is 5.16 Å². The van der Waals surface area contributed by atoms with Crippen LogP contribution in [0.2, 0.25) is 0 Å². The number of ether oxygens (including phenoxy) is 1. The molecular weight excluding hydrogens is 613 g/mol. The van der Waals surface area contributed by atoms with Crippen molar-refractivity contribution in [2.75, 3.05) is 23.8 Å². The van der Waals surface area contributed by atoms with Gasteiger partial charge in [-0.15, -0.1) is 23.3 Å². The largest absolute Gasteiger partial charge is 0.477 e. The summed E-state index contributed by atoms with van der Waals surface area (Å²) in [7, 11) is 0. The van der Waals surface area contributed by atoms with Crippen LogP contribution in [0.15, 0.2) is 21.6 Å². The Morgan fingerprint density at radius 1 is 1.36 bits per heavy atom. The standard InChI is InChI=1S/C22H24N10O7S3/c1-5-6-31-21(26-29-30-31)41-9-10-8-40-18-13(17(35)32(18)14(10)19(36)37)24-16(34)12(15-25-20(23)42-28-15)27-38-7-11(33)39-22(2,3)4/h1,13,18H,6-9H2,2-4H3,(H,24,34)(H,36,37)(H2,23,25,28)/b27-12-/t13?,18-/m1/s1. The fourth-order valence-corrected chi connectivity index (χ4v) is 6.47. The first kappa shape index (κ1) is 30.7. The van der Waals surface area contributed by atoms with Gasteiger partial charge in [0.25, 0.3) is 11.8 Å². The molecule has 17 nitrogen and oxygen atoms in total. The number of tetrazole rings is 1. The molecule has 1 fully saturated rings. The third-order valence-corrected chi connectivity index (χ3v) is 8.20. The van der Waals surface area contributed by atoms with E-state index in [9.17, 15) is 24.3 Å². The zero-order valence-corrected chi connectivity index (χ0v) is 24.8. The van der Waals surface area contributed by atoms with Crippen molar-refractivity contribution in [3.8, 4) is 12.3 Å². The Bertz CT molecular complexity index is 1510. The molecule has 1 saturated heterocycles. The quantitative estimate of drug-likeness (QED) is 0.0694. The molecular formula is C22H24N10O7S3. The predicted octanol–water partition coefficient (Wildman–Crippen LogP) is -0.667. The van der Waals surface area contributed by atoms with Crippen molar-refractivity contribution < 1.29 is 33.9 Å². The van der Waals surface area contributed by atoms with Crippen molar-refractivity contribution in [3.63, 3.8) is 0 Å². The molecule has 2 aliphatic rings. The summed E-state index contributed by atoms with van der Waals surface area (Å²) in [4.78, 5) is 60.5. The number of carboxylic acid groups (broad SMARTS) is 1. The third-order valence-electron chi connectivity index (χ3n) is 5.28. The first-order valence-electron chi connectivity index (χ1n) is 11.9. The summed E-state index contributed by atoms with van der Waals surface area (Å²) in [6.07, 6.45) is 5.32. The average Bonchev–Trinajstić information content (AvgIpc) is 3.55.